The minimum atomic E-state index is -0.731. The van der Waals surface area contributed by atoms with Gasteiger partial charge in [-0.1, -0.05) is 120 Å². The van der Waals surface area contributed by atoms with Crippen molar-refractivity contribution in [1.82, 2.24) is 22.8 Å². The van der Waals surface area contributed by atoms with Crippen molar-refractivity contribution < 1.29 is 47.6 Å². The van der Waals surface area contributed by atoms with E-state index in [9.17, 15) is 73.5 Å². The second-order valence-corrected chi connectivity index (χ2v) is 38.9. The van der Waals surface area contributed by atoms with Crippen LogP contribution in [0.4, 0.5) is 28.4 Å². The molecule has 0 amide bonds. The second-order valence-electron chi connectivity index (χ2n) is 35.5. The van der Waals surface area contributed by atoms with Crippen LogP contribution in [0, 0.1) is 0 Å². The molecule has 10 aromatic heterocycles. The largest absolute Gasteiger partial charge is 0.507 e. The summed E-state index contributed by atoms with van der Waals surface area (Å²) < 4.78 is 34.4. The summed E-state index contributed by atoms with van der Waals surface area (Å²) >= 11 is 11.1. The Hall–Kier alpha value is -15.2. The maximum atomic E-state index is 13.5. The highest BCUT2D eigenvalue weighted by Crippen LogP contribution is 2.42. The van der Waals surface area contributed by atoms with Gasteiger partial charge in [0.1, 0.15) is 80.6 Å². The molecule has 34 heteroatoms. The van der Waals surface area contributed by atoms with Gasteiger partial charge in [-0.05, 0) is 198 Å². The van der Waals surface area contributed by atoms with Crippen LogP contribution in [-0.2, 0) is 0 Å². The smallest absolute Gasteiger partial charge is 0.354 e. The minimum absolute atomic E-state index is 0.000748. The standard InChI is InChI=1S/C25H23ClN2O4S.C25H24N2O4S.C19H19BrN2O4.2C19H20N2O4/c1-14(2)28-19(15-8-10-17(11-9-15)27(3)4)13-20-21(24(28)30)22(29)23(25(31)32-20)33-18-7-5-6-16(26)12-18;1-15(2)27-19(16-10-12-17(13-11-16)26(3)4)14-20-21(24(27)29)22(28)23(25(30)31-20)32-18-8-6-5-7-9-18;1-10(2)22-13(11-5-7-12(8-6-11)21(3)4)9-14-15(18(22)24)17(23)16(20)19(25)26-14;1-11(2)21-14(12-5-7-13(8-6-12)20(3)4)9-16-18(19(21)24)15(22)10-17(23)25-16;1-11(2)21-14(12-6-5-7-13(8-12)20(3)4)9-16-18(19(21)24)15(22)10-17(23)25-16/h5-14,29H,1-4H3;5-15,28H,1-4H3;5-10,23H,1-4H3;2*5-11,22H,1-4H3. The van der Waals surface area contributed by atoms with Gasteiger partial charge in [-0.25, -0.2) is 24.0 Å². The molecule has 0 bridgehead atoms. The molecule has 0 fully saturated rings. The number of benzene rings is 7. The lowest BCUT2D eigenvalue weighted by molar-refractivity contribution is 0.444. The van der Waals surface area contributed by atoms with Gasteiger partial charge in [0.25, 0.3) is 27.8 Å². The highest BCUT2D eigenvalue weighted by Gasteiger charge is 2.29. The summed E-state index contributed by atoms with van der Waals surface area (Å²) in [4.78, 5) is 138. The van der Waals surface area contributed by atoms with E-state index in [1.54, 1.807) is 77.4 Å². The number of nitrogens with zero attached hydrogens (tertiary/aromatic N) is 10. The third kappa shape index (κ3) is 22.0. The Morgan fingerprint density at radius 2 is 0.560 bits per heavy atom. The number of hydrogen-bond acceptors (Lipinski definition) is 27. The van der Waals surface area contributed by atoms with Gasteiger partial charge >= 0.3 is 28.1 Å². The Labute approximate surface area is 830 Å². The predicted molar refractivity (Wildman–Crippen MR) is 567 cm³/mol. The molecule has 7 aromatic carbocycles. The third-order valence-electron chi connectivity index (χ3n) is 22.9. The average molecular weight is 2030 g/mol. The monoisotopic (exact) mass is 2030 g/mol. The van der Waals surface area contributed by atoms with Crippen LogP contribution in [-0.4, -0.2) is 119 Å². The molecule has 0 spiro atoms. The normalized spacial score (nSPS) is 11.3. The molecule has 5 N–H and O–H groups in total. The fourth-order valence-electron chi connectivity index (χ4n) is 16.0. The second kappa shape index (κ2) is 43.1. The van der Waals surface area contributed by atoms with Crippen molar-refractivity contribution in [2.45, 2.75) is 119 Å². The van der Waals surface area contributed by atoms with Gasteiger partial charge in [0.05, 0.1) is 40.6 Å². The fraction of sp³-hybridized carbons (Fsp3) is 0.234. The molecule has 141 heavy (non-hydrogen) atoms. The van der Waals surface area contributed by atoms with E-state index in [0.29, 0.717) is 38.4 Å². The Kier molecular flexibility index (Phi) is 31.5. The molecule has 0 aliphatic carbocycles. The van der Waals surface area contributed by atoms with Crippen LogP contribution < -0.4 is 80.4 Å². The number of pyridine rings is 5. The zero-order valence-corrected chi connectivity index (χ0v) is 85.1. The quantitative estimate of drug-likeness (QED) is 0.0502. The number of rotatable bonds is 19. The minimum Gasteiger partial charge on any atom is -0.507 e. The van der Waals surface area contributed by atoms with Gasteiger partial charge in [0.2, 0.25) is 0 Å². The van der Waals surface area contributed by atoms with Crippen LogP contribution in [0.2, 0.25) is 5.02 Å². The van der Waals surface area contributed by atoms with E-state index in [0.717, 1.165) is 96.8 Å². The molecule has 0 atom stereocenters. The summed E-state index contributed by atoms with van der Waals surface area (Å²) in [5, 5.41) is 52.7. The van der Waals surface area contributed by atoms with Crippen LogP contribution >= 0.6 is 51.1 Å². The highest BCUT2D eigenvalue weighted by molar-refractivity contribution is 9.10. The van der Waals surface area contributed by atoms with Gasteiger partial charge < -0.3 is 95.0 Å². The molecule has 0 saturated carbocycles. The van der Waals surface area contributed by atoms with E-state index in [1.165, 1.54) is 0 Å². The number of hydrogen-bond donors (Lipinski definition) is 5. The number of anilines is 5. The lowest BCUT2D eigenvalue weighted by atomic mass is 10.1. The first-order valence-electron chi connectivity index (χ1n) is 44.7. The molecule has 17 rings (SSSR count). The zero-order chi connectivity index (χ0) is 103. The van der Waals surface area contributed by atoms with Gasteiger partial charge in [-0.3, -0.25) is 24.0 Å². The SMILES string of the molecule is CC(C)n1c(-c2ccc(N(C)C)cc2)cc2oc(=O)c(Br)c(O)c2c1=O.CC(C)n1c(-c2ccc(N(C)C)cc2)cc2oc(=O)c(Sc3cccc(Cl)c3)c(O)c2c1=O.CC(C)n1c(-c2ccc(N(C)C)cc2)cc2oc(=O)c(Sc3ccccc3)c(O)c2c1=O.CC(C)n1c(-c2ccc(N(C)C)cc2)cc2oc(=O)cc(O)c2c1=O.CC(C)n1c(-c2cccc(N(C)C)c2)cc2oc(=O)cc(O)c2c1=O. The maximum Gasteiger partial charge on any atom is 0.354 e. The van der Waals surface area contributed by atoms with Crippen molar-refractivity contribution in [3.05, 3.63) is 332 Å². The maximum absolute atomic E-state index is 13.5. The molecule has 10 heterocycles. The zero-order valence-electron chi connectivity index (χ0n) is 81.1. The first-order chi connectivity index (χ1) is 66.7. The molecule has 0 radical (unpaired) electrons. The number of fused-ring (bicyclic) bond motifs is 5. The van der Waals surface area contributed by atoms with E-state index in [-0.39, 0.29) is 133 Å². The van der Waals surface area contributed by atoms with Crippen LogP contribution in [0.15, 0.2) is 312 Å². The van der Waals surface area contributed by atoms with Crippen molar-refractivity contribution in [3.8, 4) is 85.0 Å². The summed E-state index contributed by atoms with van der Waals surface area (Å²) in [5.74, 6) is -1.86. The Bertz CT molecular complexity index is 8290. The first-order valence-corrected chi connectivity index (χ1v) is 47.5. The topological polar surface area (TPSA) is 378 Å². The number of aromatic hydroxyl groups is 5. The molecule has 0 aliphatic heterocycles. The van der Waals surface area contributed by atoms with E-state index >= 15 is 0 Å². The molecule has 30 nitrogen and oxygen atoms in total. The van der Waals surface area contributed by atoms with Crippen LogP contribution in [0.5, 0.6) is 28.7 Å². The summed E-state index contributed by atoms with van der Waals surface area (Å²) in [7, 11) is 19.5. The van der Waals surface area contributed by atoms with Crippen molar-refractivity contribution in [2.24, 2.45) is 0 Å². The lowest BCUT2D eigenvalue weighted by Gasteiger charge is -2.19. The number of halogens is 2. The van der Waals surface area contributed by atoms with Crippen molar-refractivity contribution in [2.75, 3.05) is 95.0 Å². The molecule has 0 unspecified atom stereocenters. The first kappa shape index (κ1) is 103. The van der Waals surface area contributed by atoms with E-state index in [4.69, 9.17) is 33.7 Å². The fourth-order valence-corrected chi connectivity index (χ4v) is 18.3. The van der Waals surface area contributed by atoms with Crippen LogP contribution in [0.25, 0.3) is 111 Å². The van der Waals surface area contributed by atoms with Crippen molar-refractivity contribution in [3.63, 3.8) is 0 Å². The molecule has 17 aromatic rings. The lowest BCUT2D eigenvalue weighted by Crippen LogP contribution is -2.24. The third-order valence-corrected chi connectivity index (χ3v) is 26.0. The van der Waals surface area contributed by atoms with E-state index < -0.39 is 50.6 Å². The molecule has 0 saturated heterocycles. The molecule has 0 aliphatic rings. The molecular weight excluding hydrogens is 1920 g/mol. The van der Waals surface area contributed by atoms with E-state index in [1.807, 2.05) is 316 Å². The average Bonchev–Trinajstić information content (AvgIpc) is 0.758. The summed E-state index contributed by atoms with van der Waals surface area (Å²) in [6.07, 6.45) is 0. The van der Waals surface area contributed by atoms with Gasteiger partial charge in [-0.15, -0.1) is 0 Å². The Morgan fingerprint density at radius 3 is 0.872 bits per heavy atom. The summed E-state index contributed by atoms with van der Waals surface area (Å²) in [5.41, 5.74) is 7.06. The van der Waals surface area contributed by atoms with Gasteiger partial charge in [0, 0.05) is 180 Å². The van der Waals surface area contributed by atoms with Crippen LogP contribution in [0.3, 0.4) is 0 Å². The van der Waals surface area contributed by atoms with Crippen molar-refractivity contribution >= 4 is 134 Å². The van der Waals surface area contributed by atoms with E-state index in [2.05, 4.69) is 15.9 Å². The van der Waals surface area contributed by atoms with Gasteiger partial charge in [0.15, 0.2) is 17.2 Å². The Morgan fingerprint density at radius 1 is 0.284 bits per heavy atom. The van der Waals surface area contributed by atoms with Gasteiger partial charge in [-0.2, -0.15) is 0 Å². The summed E-state index contributed by atoms with van der Waals surface area (Å²) in [6.45, 7) is 18.9. The van der Waals surface area contributed by atoms with Crippen molar-refractivity contribution in [1.29, 1.82) is 0 Å². The molecular formula is C107H106BrClN10O20S2. The van der Waals surface area contributed by atoms with Crippen LogP contribution in [0.1, 0.15) is 99.4 Å². The number of aromatic nitrogens is 5. The molecule has 730 valence electrons. The summed E-state index contributed by atoms with van der Waals surface area (Å²) in [6, 6.07) is 63.9. The highest BCUT2D eigenvalue weighted by atomic mass is 79.9. The Balaban J connectivity index is 0.000000149. The predicted octanol–water partition coefficient (Wildman–Crippen LogP) is 20.6.